The van der Waals surface area contributed by atoms with Crippen LogP contribution in [0, 0.1) is 11.6 Å². The van der Waals surface area contributed by atoms with Crippen LogP contribution < -0.4 is 10.1 Å². The van der Waals surface area contributed by atoms with Crippen molar-refractivity contribution in [1.82, 2.24) is 5.32 Å². The minimum atomic E-state index is -1.17. The lowest BCUT2D eigenvalue weighted by Gasteiger charge is -2.20. The van der Waals surface area contributed by atoms with Crippen molar-refractivity contribution < 1.29 is 28.2 Å². The van der Waals surface area contributed by atoms with Gasteiger partial charge in [0.15, 0.2) is 0 Å². The van der Waals surface area contributed by atoms with Crippen molar-refractivity contribution in [3.05, 3.63) is 101 Å². The lowest BCUT2D eigenvalue weighted by Crippen LogP contribution is -2.42. The number of hydrogen-bond donors (Lipinski definition) is 2. The highest BCUT2D eigenvalue weighted by Gasteiger charge is 2.25. The van der Waals surface area contributed by atoms with Gasteiger partial charge >= 0.3 is 5.97 Å². The van der Waals surface area contributed by atoms with Crippen LogP contribution >= 0.6 is 0 Å². The fourth-order valence-electron chi connectivity index (χ4n) is 3.53. The van der Waals surface area contributed by atoms with E-state index in [0.717, 1.165) is 11.6 Å². The molecular formula is C25H23F2NO4. The number of nitrogens with one attached hydrogen (secondary N) is 1. The zero-order chi connectivity index (χ0) is 23.1. The first-order valence-electron chi connectivity index (χ1n) is 10.0. The molecule has 0 radical (unpaired) electrons. The van der Waals surface area contributed by atoms with Crippen LogP contribution in [0.1, 0.15) is 29.0 Å². The summed E-state index contributed by atoms with van der Waals surface area (Å²) in [5.74, 6) is -3.31. The van der Waals surface area contributed by atoms with E-state index in [-0.39, 0.29) is 18.4 Å². The molecular weight excluding hydrogens is 416 g/mol. The maximum absolute atomic E-state index is 13.9. The summed E-state index contributed by atoms with van der Waals surface area (Å²) in [5.41, 5.74) is 1.68. The number of amides is 1. The molecule has 0 saturated carbocycles. The van der Waals surface area contributed by atoms with Crippen molar-refractivity contribution in [3.8, 4) is 5.75 Å². The van der Waals surface area contributed by atoms with Gasteiger partial charge in [-0.05, 0) is 41.0 Å². The van der Waals surface area contributed by atoms with Crippen LogP contribution in [0.15, 0.2) is 72.8 Å². The van der Waals surface area contributed by atoms with Gasteiger partial charge in [-0.3, -0.25) is 4.79 Å². The molecule has 32 heavy (non-hydrogen) atoms. The van der Waals surface area contributed by atoms with Crippen molar-refractivity contribution in [2.75, 3.05) is 7.11 Å². The lowest BCUT2D eigenvalue weighted by molar-refractivity contribution is -0.141. The number of carboxylic acids is 1. The standard InChI is InChI=1S/C25H23F2NO4/c1-32-21-9-7-17(8-10-21)22(18-12-19(26)14-20(27)13-18)15-24(29)28-23(25(30)31)11-16-5-3-2-4-6-16/h2-10,12-14,22-23H,11,15H2,1H3,(H,28,29)(H,30,31). The average molecular weight is 439 g/mol. The molecule has 3 aromatic rings. The maximum Gasteiger partial charge on any atom is 0.326 e. The van der Waals surface area contributed by atoms with Crippen LogP contribution in [0.25, 0.3) is 0 Å². The summed E-state index contributed by atoms with van der Waals surface area (Å²) in [6.45, 7) is 0. The molecule has 0 aliphatic rings. The van der Waals surface area contributed by atoms with Gasteiger partial charge in [0.1, 0.15) is 23.4 Å². The molecule has 0 aliphatic heterocycles. The van der Waals surface area contributed by atoms with Gasteiger partial charge in [-0.1, -0.05) is 42.5 Å². The summed E-state index contributed by atoms with van der Waals surface area (Å²) in [5, 5.41) is 12.1. The van der Waals surface area contributed by atoms with E-state index in [4.69, 9.17) is 4.74 Å². The van der Waals surface area contributed by atoms with Gasteiger partial charge in [0, 0.05) is 24.8 Å². The van der Waals surface area contributed by atoms with Crippen molar-refractivity contribution in [2.45, 2.75) is 24.8 Å². The SMILES string of the molecule is COc1ccc(C(CC(=O)NC(Cc2ccccc2)C(=O)O)c2cc(F)cc(F)c2)cc1. The minimum absolute atomic E-state index is 0.115. The van der Waals surface area contributed by atoms with Crippen molar-refractivity contribution in [3.63, 3.8) is 0 Å². The Kier molecular flexibility index (Phi) is 7.54. The second-order valence-electron chi connectivity index (χ2n) is 7.38. The number of rotatable bonds is 9. The first-order chi connectivity index (χ1) is 15.4. The van der Waals surface area contributed by atoms with Crippen LogP contribution in [0.3, 0.4) is 0 Å². The summed E-state index contributed by atoms with van der Waals surface area (Å²) >= 11 is 0. The first kappa shape index (κ1) is 22.9. The molecule has 0 fully saturated rings. The highest BCUT2D eigenvalue weighted by Crippen LogP contribution is 2.30. The second-order valence-corrected chi connectivity index (χ2v) is 7.38. The number of halogens is 2. The first-order valence-corrected chi connectivity index (χ1v) is 10.0. The molecule has 3 rings (SSSR count). The van der Waals surface area contributed by atoms with E-state index in [1.54, 1.807) is 48.5 Å². The molecule has 5 nitrogen and oxygen atoms in total. The smallest absolute Gasteiger partial charge is 0.326 e. The second kappa shape index (κ2) is 10.5. The molecule has 0 aromatic heterocycles. The van der Waals surface area contributed by atoms with Crippen LogP contribution in [0.4, 0.5) is 8.78 Å². The number of aliphatic carboxylic acids is 1. The average Bonchev–Trinajstić information content (AvgIpc) is 2.77. The topological polar surface area (TPSA) is 75.6 Å². The zero-order valence-corrected chi connectivity index (χ0v) is 17.4. The Bertz CT molecular complexity index is 1050. The molecule has 0 heterocycles. The van der Waals surface area contributed by atoms with Crippen molar-refractivity contribution in [2.24, 2.45) is 0 Å². The van der Waals surface area contributed by atoms with Gasteiger partial charge in [0.2, 0.25) is 5.91 Å². The van der Waals surface area contributed by atoms with E-state index in [1.165, 1.54) is 19.2 Å². The fourth-order valence-corrected chi connectivity index (χ4v) is 3.53. The molecule has 0 aliphatic carbocycles. The Morgan fingerprint density at radius 2 is 1.56 bits per heavy atom. The monoisotopic (exact) mass is 439 g/mol. The summed E-state index contributed by atoms with van der Waals surface area (Å²) < 4.78 is 32.9. The van der Waals surface area contributed by atoms with E-state index >= 15 is 0 Å². The maximum atomic E-state index is 13.9. The predicted octanol–water partition coefficient (Wildman–Crippen LogP) is 4.31. The summed E-state index contributed by atoms with van der Waals surface area (Å²) in [6, 6.07) is 17.7. The molecule has 1 amide bonds. The predicted molar refractivity (Wildman–Crippen MR) is 116 cm³/mol. The Labute approximate surface area is 184 Å². The van der Waals surface area contributed by atoms with E-state index in [0.29, 0.717) is 11.3 Å². The van der Waals surface area contributed by atoms with Gasteiger partial charge < -0.3 is 15.2 Å². The Morgan fingerprint density at radius 1 is 0.938 bits per heavy atom. The van der Waals surface area contributed by atoms with Crippen molar-refractivity contribution in [1.29, 1.82) is 0 Å². The molecule has 2 unspecified atom stereocenters. The quantitative estimate of drug-likeness (QED) is 0.521. The zero-order valence-electron chi connectivity index (χ0n) is 17.4. The molecule has 2 atom stereocenters. The van der Waals surface area contributed by atoms with Gasteiger partial charge in [-0.25, -0.2) is 13.6 Å². The number of ether oxygens (including phenoxy) is 1. The van der Waals surface area contributed by atoms with Crippen LogP contribution in [-0.2, 0) is 16.0 Å². The third kappa shape index (κ3) is 6.14. The van der Waals surface area contributed by atoms with Crippen LogP contribution in [0.2, 0.25) is 0 Å². The van der Waals surface area contributed by atoms with Gasteiger partial charge in [-0.15, -0.1) is 0 Å². The van der Waals surface area contributed by atoms with E-state index in [1.807, 2.05) is 6.07 Å². The van der Waals surface area contributed by atoms with Gasteiger partial charge in [0.05, 0.1) is 7.11 Å². The van der Waals surface area contributed by atoms with E-state index in [9.17, 15) is 23.5 Å². The highest BCUT2D eigenvalue weighted by atomic mass is 19.1. The van der Waals surface area contributed by atoms with Gasteiger partial charge in [-0.2, -0.15) is 0 Å². The number of hydrogen-bond acceptors (Lipinski definition) is 3. The molecule has 2 N–H and O–H groups in total. The van der Waals surface area contributed by atoms with Crippen molar-refractivity contribution >= 4 is 11.9 Å². The minimum Gasteiger partial charge on any atom is -0.497 e. The third-order valence-corrected chi connectivity index (χ3v) is 5.11. The summed E-state index contributed by atoms with van der Waals surface area (Å²) in [4.78, 5) is 24.5. The summed E-state index contributed by atoms with van der Waals surface area (Å²) in [6.07, 6.45) is -0.0719. The Morgan fingerprint density at radius 3 is 2.12 bits per heavy atom. The molecule has 166 valence electrons. The number of carbonyl (C=O) groups excluding carboxylic acids is 1. The van der Waals surface area contributed by atoms with Crippen LogP contribution in [0.5, 0.6) is 5.75 Å². The highest BCUT2D eigenvalue weighted by molar-refractivity contribution is 5.84. The Hall–Kier alpha value is -3.74. The number of carboxylic acid groups (broad SMARTS) is 1. The molecule has 0 saturated heterocycles. The van der Waals surface area contributed by atoms with E-state index in [2.05, 4.69) is 5.32 Å². The molecule has 7 heteroatoms. The fraction of sp³-hybridized carbons (Fsp3) is 0.200. The number of benzene rings is 3. The number of carbonyl (C=O) groups is 2. The number of methoxy groups -OCH3 is 1. The lowest BCUT2D eigenvalue weighted by atomic mass is 9.88. The normalized spacial score (nSPS) is 12.6. The molecule has 0 spiro atoms. The third-order valence-electron chi connectivity index (χ3n) is 5.11. The Balaban J connectivity index is 1.84. The van der Waals surface area contributed by atoms with E-state index < -0.39 is 35.5 Å². The molecule has 0 bridgehead atoms. The molecule has 3 aromatic carbocycles. The largest absolute Gasteiger partial charge is 0.497 e. The van der Waals surface area contributed by atoms with Crippen LogP contribution in [-0.4, -0.2) is 30.1 Å². The summed E-state index contributed by atoms with van der Waals surface area (Å²) in [7, 11) is 1.51. The van der Waals surface area contributed by atoms with Gasteiger partial charge in [0.25, 0.3) is 0 Å².